The summed E-state index contributed by atoms with van der Waals surface area (Å²) in [4.78, 5) is 0. The summed E-state index contributed by atoms with van der Waals surface area (Å²) in [7, 11) is 1.67. The average Bonchev–Trinajstić information content (AvgIpc) is 2.29. The fraction of sp³-hybridized carbons (Fsp3) is 0.462. The molecule has 2 heteroatoms. The number of aryl methyl sites for hydroxylation is 1. The summed E-state index contributed by atoms with van der Waals surface area (Å²) >= 11 is 0. The van der Waals surface area contributed by atoms with E-state index in [1.54, 1.807) is 7.11 Å². The Balaban J connectivity index is 2.51. The molecule has 0 heterocycles. The molecule has 0 spiro atoms. The molecular weight excluding hydrogens is 186 g/mol. The van der Waals surface area contributed by atoms with Gasteiger partial charge in [-0.05, 0) is 49.4 Å². The van der Waals surface area contributed by atoms with Crippen LogP contribution in [0.2, 0.25) is 0 Å². The molecule has 1 aliphatic carbocycles. The third-order valence-corrected chi connectivity index (χ3v) is 3.28. The molecule has 0 N–H and O–H groups in total. The van der Waals surface area contributed by atoms with Gasteiger partial charge in [0.25, 0.3) is 0 Å². The normalized spacial score (nSPS) is 24.1. The van der Waals surface area contributed by atoms with Gasteiger partial charge in [0.05, 0.1) is 18.6 Å². The van der Waals surface area contributed by atoms with Crippen molar-refractivity contribution < 1.29 is 4.74 Å². The Morgan fingerprint density at radius 2 is 2.27 bits per heavy atom. The SMILES string of the molecule is COc1ccc2c(c1)CCCC2(C)C#N. The Morgan fingerprint density at radius 3 is 2.93 bits per heavy atom. The van der Waals surface area contributed by atoms with Gasteiger partial charge in [0.15, 0.2) is 0 Å². The summed E-state index contributed by atoms with van der Waals surface area (Å²) in [6.45, 7) is 2.03. The Bertz CT molecular complexity index is 419. The minimum absolute atomic E-state index is 0.306. The molecular formula is C13H15NO. The molecule has 15 heavy (non-hydrogen) atoms. The summed E-state index contributed by atoms with van der Waals surface area (Å²) < 4.78 is 5.20. The zero-order valence-electron chi connectivity index (χ0n) is 9.21. The zero-order valence-corrected chi connectivity index (χ0v) is 9.21. The third-order valence-electron chi connectivity index (χ3n) is 3.28. The minimum Gasteiger partial charge on any atom is -0.497 e. The fourth-order valence-electron chi connectivity index (χ4n) is 2.33. The average molecular weight is 201 g/mol. The molecule has 1 aliphatic rings. The van der Waals surface area contributed by atoms with Crippen LogP contribution in [-0.4, -0.2) is 7.11 Å². The molecule has 0 amide bonds. The second kappa shape index (κ2) is 3.58. The highest BCUT2D eigenvalue weighted by molar-refractivity contribution is 5.44. The summed E-state index contributed by atoms with van der Waals surface area (Å²) in [5.74, 6) is 0.885. The first-order chi connectivity index (χ1) is 7.19. The van der Waals surface area contributed by atoms with Gasteiger partial charge >= 0.3 is 0 Å². The van der Waals surface area contributed by atoms with Crippen LogP contribution in [0.15, 0.2) is 18.2 Å². The molecule has 0 bridgehead atoms. The highest BCUT2D eigenvalue weighted by Crippen LogP contribution is 2.37. The monoisotopic (exact) mass is 201 g/mol. The van der Waals surface area contributed by atoms with Crippen molar-refractivity contribution in [3.05, 3.63) is 29.3 Å². The van der Waals surface area contributed by atoms with Crippen LogP contribution in [0.25, 0.3) is 0 Å². The molecule has 1 aromatic rings. The van der Waals surface area contributed by atoms with E-state index >= 15 is 0 Å². The van der Waals surface area contributed by atoms with Gasteiger partial charge < -0.3 is 4.74 Å². The maximum absolute atomic E-state index is 9.24. The number of ether oxygens (including phenoxy) is 1. The largest absolute Gasteiger partial charge is 0.497 e. The smallest absolute Gasteiger partial charge is 0.119 e. The van der Waals surface area contributed by atoms with Crippen molar-refractivity contribution in [3.63, 3.8) is 0 Å². The number of methoxy groups -OCH3 is 1. The van der Waals surface area contributed by atoms with Gasteiger partial charge in [-0.25, -0.2) is 0 Å². The second-order valence-electron chi connectivity index (χ2n) is 4.32. The molecule has 1 aromatic carbocycles. The quantitative estimate of drug-likeness (QED) is 0.700. The van der Waals surface area contributed by atoms with Gasteiger partial charge in [-0.2, -0.15) is 5.26 Å². The molecule has 78 valence electrons. The van der Waals surface area contributed by atoms with Gasteiger partial charge in [-0.3, -0.25) is 0 Å². The lowest BCUT2D eigenvalue weighted by Crippen LogP contribution is -2.25. The summed E-state index contributed by atoms with van der Waals surface area (Å²) in [6, 6.07) is 8.48. The zero-order chi connectivity index (χ0) is 10.9. The van der Waals surface area contributed by atoms with Crippen molar-refractivity contribution in [3.8, 4) is 11.8 Å². The number of fused-ring (bicyclic) bond motifs is 1. The topological polar surface area (TPSA) is 33.0 Å². The van der Waals surface area contributed by atoms with Crippen LogP contribution in [0.3, 0.4) is 0 Å². The van der Waals surface area contributed by atoms with Gasteiger partial charge in [0.1, 0.15) is 5.75 Å². The number of hydrogen-bond donors (Lipinski definition) is 0. The van der Waals surface area contributed by atoms with Crippen molar-refractivity contribution in [2.24, 2.45) is 0 Å². The first-order valence-corrected chi connectivity index (χ1v) is 5.28. The molecule has 1 atom stereocenters. The van der Waals surface area contributed by atoms with E-state index in [0.29, 0.717) is 0 Å². The van der Waals surface area contributed by atoms with Crippen molar-refractivity contribution in [2.45, 2.75) is 31.6 Å². The van der Waals surface area contributed by atoms with Crippen LogP contribution < -0.4 is 4.74 Å². The van der Waals surface area contributed by atoms with E-state index in [9.17, 15) is 5.26 Å². The van der Waals surface area contributed by atoms with E-state index in [1.165, 1.54) is 11.1 Å². The first kappa shape index (κ1) is 10.0. The number of nitriles is 1. The lowest BCUT2D eigenvalue weighted by atomic mass is 9.72. The number of benzene rings is 1. The maximum Gasteiger partial charge on any atom is 0.119 e. The number of rotatable bonds is 1. The van der Waals surface area contributed by atoms with E-state index in [-0.39, 0.29) is 5.41 Å². The Kier molecular flexibility index (Phi) is 2.40. The molecule has 1 unspecified atom stereocenters. The van der Waals surface area contributed by atoms with Crippen LogP contribution in [0.5, 0.6) is 5.75 Å². The van der Waals surface area contributed by atoms with E-state index in [1.807, 2.05) is 19.1 Å². The Hall–Kier alpha value is -1.49. The fourth-order valence-corrected chi connectivity index (χ4v) is 2.33. The molecule has 0 fully saturated rings. The maximum atomic E-state index is 9.24. The molecule has 0 radical (unpaired) electrons. The Morgan fingerprint density at radius 1 is 1.47 bits per heavy atom. The van der Waals surface area contributed by atoms with Gasteiger partial charge in [-0.15, -0.1) is 0 Å². The second-order valence-corrected chi connectivity index (χ2v) is 4.32. The van der Waals surface area contributed by atoms with Crippen molar-refractivity contribution in [1.82, 2.24) is 0 Å². The summed E-state index contributed by atoms with van der Waals surface area (Å²) in [5.41, 5.74) is 2.14. The van der Waals surface area contributed by atoms with Crippen LogP contribution >= 0.6 is 0 Å². The highest BCUT2D eigenvalue weighted by atomic mass is 16.5. The predicted octanol–water partition coefficient (Wildman–Crippen LogP) is 2.81. The van der Waals surface area contributed by atoms with Crippen LogP contribution in [0.4, 0.5) is 0 Å². The van der Waals surface area contributed by atoms with E-state index in [4.69, 9.17) is 4.74 Å². The predicted molar refractivity (Wildman–Crippen MR) is 58.9 cm³/mol. The molecule has 2 nitrogen and oxygen atoms in total. The van der Waals surface area contributed by atoms with Crippen LogP contribution in [0, 0.1) is 11.3 Å². The van der Waals surface area contributed by atoms with E-state index in [2.05, 4.69) is 12.1 Å². The number of hydrogen-bond acceptors (Lipinski definition) is 2. The van der Waals surface area contributed by atoms with Gasteiger partial charge in [0.2, 0.25) is 0 Å². The van der Waals surface area contributed by atoms with Crippen LogP contribution in [0.1, 0.15) is 30.9 Å². The van der Waals surface area contributed by atoms with Gasteiger partial charge in [-0.1, -0.05) is 6.07 Å². The molecule has 2 rings (SSSR count). The summed E-state index contributed by atoms with van der Waals surface area (Å²) in [5, 5.41) is 9.24. The third kappa shape index (κ3) is 1.59. The van der Waals surface area contributed by atoms with E-state index in [0.717, 1.165) is 25.0 Å². The molecule has 0 aliphatic heterocycles. The number of nitrogens with zero attached hydrogens (tertiary/aromatic N) is 1. The molecule has 0 aromatic heterocycles. The Labute approximate surface area is 90.5 Å². The van der Waals surface area contributed by atoms with Crippen LogP contribution in [-0.2, 0) is 11.8 Å². The molecule has 0 saturated carbocycles. The highest BCUT2D eigenvalue weighted by Gasteiger charge is 2.31. The van der Waals surface area contributed by atoms with Crippen molar-refractivity contribution in [1.29, 1.82) is 5.26 Å². The lowest BCUT2D eigenvalue weighted by molar-refractivity contribution is 0.411. The van der Waals surface area contributed by atoms with Crippen molar-refractivity contribution >= 4 is 0 Å². The first-order valence-electron chi connectivity index (χ1n) is 5.28. The standard InChI is InChI=1S/C13H15NO/c1-13(9-14)7-3-4-10-8-11(15-2)5-6-12(10)13/h5-6,8H,3-4,7H2,1-2H3. The summed E-state index contributed by atoms with van der Waals surface area (Å²) in [6.07, 6.45) is 3.11. The minimum atomic E-state index is -0.306. The van der Waals surface area contributed by atoms with Crippen molar-refractivity contribution in [2.75, 3.05) is 7.11 Å². The van der Waals surface area contributed by atoms with Gasteiger partial charge in [0, 0.05) is 0 Å². The lowest BCUT2D eigenvalue weighted by Gasteiger charge is -2.29. The van der Waals surface area contributed by atoms with E-state index < -0.39 is 0 Å². The molecule has 0 saturated heterocycles.